The zero-order valence-corrected chi connectivity index (χ0v) is 16.3. The van der Waals surface area contributed by atoms with Crippen LogP contribution in [-0.2, 0) is 11.2 Å². The van der Waals surface area contributed by atoms with Crippen LogP contribution in [0.4, 0.5) is 0 Å². The first-order valence-electron chi connectivity index (χ1n) is 10.2. The third kappa shape index (κ3) is 4.82. The van der Waals surface area contributed by atoms with E-state index in [0.717, 1.165) is 37.4 Å². The van der Waals surface area contributed by atoms with E-state index in [1.807, 2.05) is 36.1 Å². The second-order valence-electron chi connectivity index (χ2n) is 7.57. The molecule has 1 atom stereocenters. The van der Waals surface area contributed by atoms with Crippen LogP contribution in [0.3, 0.4) is 0 Å². The van der Waals surface area contributed by atoms with Crippen molar-refractivity contribution in [2.75, 3.05) is 26.3 Å². The van der Waals surface area contributed by atoms with Crippen molar-refractivity contribution in [2.24, 2.45) is 5.92 Å². The second-order valence-corrected chi connectivity index (χ2v) is 7.57. The van der Waals surface area contributed by atoms with Crippen molar-refractivity contribution in [2.45, 2.75) is 44.9 Å². The smallest absolute Gasteiger partial charge is 0.260 e. The summed E-state index contributed by atoms with van der Waals surface area (Å²) in [6.07, 6.45) is 5.13. The average Bonchev–Trinajstić information content (AvgIpc) is 3.47. The number of benzene rings is 1. The fraction of sp³-hybridized carbons (Fsp3) is 0.571. The maximum Gasteiger partial charge on any atom is 0.260 e. The highest BCUT2D eigenvalue weighted by Gasteiger charge is 2.30. The normalized spacial score (nSPS) is 19.5. The molecule has 2 heterocycles. The predicted octanol–water partition coefficient (Wildman–Crippen LogP) is 3.21. The van der Waals surface area contributed by atoms with Gasteiger partial charge in [-0.05, 0) is 62.8 Å². The van der Waals surface area contributed by atoms with E-state index in [2.05, 4.69) is 10.1 Å². The topological polar surface area (TPSA) is 77.7 Å². The Morgan fingerprint density at radius 3 is 2.64 bits per heavy atom. The first-order valence-corrected chi connectivity index (χ1v) is 10.2. The summed E-state index contributed by atoms with van der Waals surface area (Å²) >= 11 is 0. The molecule has 1 unspecified atom stereocenters. The molecular weight excluding hydrogens is 358 g/mol. The Morgan fingerprint density at radius 1 is 1.18 bits per heavy atom. The minimum absolute atomic E-state index is 0.0165. The number of carbonyl (C=O) groups is 1. The zero-order chi connectivity index (χ0) is 19.3. The summed E-state index contributed by atoms with van der Waals surface area (Å²) in [7, 11) is 0. The van der Waals surface area contributed by atoms with Crippen LogP contribution >= 0.6 is 0 Å². The number of carbonyl (C=O) groups excluding carboxylic acids is 1. The van der Waals surface area contributed by atoms with Gasteiger partial charge in [-0.2, -0.15) is 4.98 Å². The van der Waals surface area contributed by atoms with Crippen LogP contribution in [0.15, 0.2) is 28.8 Å². The van der Waals surface area contributed by atoms with Crippen molar-refractivity contribution >= 4 is 5.91 Å². The summed E-state index contributed by atoms with van der Waals surface area (Å²) in [5.74, 6) is 3.89. The van der Waals surface area contributed by atoms with E-state index in [1.165, 1.54) is 12.8 Å². The Bertz CT molecular complexity index is 785. The van der Waals surface area contributed by atoms with Crippen molar-refractivity contribution in [3.8, 4) is 11.5 Å². The van der Waals surface area contributed by atoms with Gasteiger partial charge in [0.1, 0.15) is 11.5 Å². The van der Waals surface area contributed by atoms with E-state index < -0.39 is 0 Å². The molecule has 28 heavy (non-hydrogen) atoms. The van der Waals surface area contributed by atoms with Crippen molar-refractivity contribution in [3.05, 3.63) is 36.0 Å². The number of hydrogen-bond acceptors (Lipinski definition) is 6. The van der Waals surface area contributed by atoms with Gasteiger partial charge in [0.05, 0.1) is 6.61 Å². The summed E-state index contributed by atoms with van der Waals surface area (Å²) < 4.78 is 16.5. The lowest BCUT2D eigenvalue weighted by Crippen LogP contribution is -2.42. The molecule has 1 aliphatic carbocycles. The molecule has 1 aromatic heterocycles. The van der Waals surface area contributed by atoms with E-state index >= 15 is 0 Å². The molecule has 0 spiro atoms. The second kappa shape index (κ2) is 8.63. The summed E-state index contributed by atoms with van der Waals surface area (Å²) in [4.78, 5) is 19.0. The molecule has 1 aliphatic heterocycles. The van der Waals surface area contributed by atoms with E-state index in [4.69, 9.17) is 14.0 Å². The minimum atomic E-state index is 0.0165. The van der Waals surface area contributed by atoms with Gasteiger partial charge in [0, 0.05) is 25.4 Å². The third-order valence-corrected chi connectivity index (χ3v) is 5.26. The number of aromatic nitrogens is 2. The molecule has 7 heteroatoms. The quantitative estimate of drug-likeness (QED) is 0.694. The Labute approximate surface area is 165 Å². The summed E-state index contributed by atoms with van der Waals surface area (Å²) in [6.45, 7) is 4.11. The molecule has 2 fully saturated rings. The largest absolute Gasteiger partial charge is 0.494 e. The van der Waals surface area contributed by atoms with Crippen LogP contribution in [-0.4, -0.2) is 47.3 Å². The minimum Gasteiger partial charge on any atom is -0.494 e. The lowest BCUT2D eigenvalue weighted by molar-refractivity contribution is -0.135. The monoisotopic (exact) mass is 385 g/mol. The molecule has 2 aromatic rings. The van der Waals surface area contributed by atoms with Crippen molar-refractivity contribution in [1.82, 2.24) is 15.0 Å². The predicted molar refractivity (Wildman–Crippen MR) is 102 cm³/mol. The number of piperidine rings is 1. The van der Waals surface area contributed by atoms with Crippen LogP contribution in [0.1, 0.15) is 50.2 Å². The third-order valence-electron chi connectivity index (χ3n) is 5.26. The zero-order valence-electron chi connectivity index (χ0n) is 16.3. The van der Waals surface area contributed by atoms with Crippen LogP contribution in [0, 0.1) is 5.92 Å². The van der Waals surface area contributed by atoms with Crippen LogP contribution in [0.5, 0.6) is 11.5 Å². The fourth-order valence-electron chi connectivity index (χ4n) is 3.60. The van der Waals surface area contributed by atoms with Gasteiger partial charge >= 0.3 is 0 Å². The maximum absolute atomic E-state index is 12.6. The van der Waals surface area contributed by atoms with Gasteiger partial charge < -0.3 is 18.9 Å². The van der Waals surface area contributed by atoms with Crippen LogP contribution in [0.2, 0.25) is 0 Å². The average molecular weight is 385 g/mol. The molecule has 1 saturated carbocycles. The first-order chi connectivity index (χ1) is 13.7. The Kier molecular flexibility index (Phi) is 5.78. The van der Waals surface area contributed by atoms with E-state index in [9.17, 15) is 4.79 Å². The van der Waals surface area contributed by atoms with Gasteiger partial charge in [-0.15, -0.1) is 0 Å². The molecule has 150 valence electrons. The molecule has 0 radical (unpaired) electrons. The van der Waals surface area contributed by atoms with E-state index in [0.29, 0.717) is 36.6 Å². The van der Waals surface area contributed by atoms with Gasteiger partial charge in [-0.25, -0.2) is 0 Å². The lowest BCUT2D eigenvalue weighted by Gasteiger charge is -2.32. The number of rotatable bonds is 8. The summed E-state index contributed by atoms with van der Waals surface area (Å²) in [6, 6.07) is 7.34. The Balaban J connectivity index is 1.25. The van der Waals surface area contributed by atoms with E-state index in [-0.39, 0.29) is 12.5 Å². The summed E-state index contributed by atoms with van der Waals surface area (Å²) in [5, 5.41) is 4.08. The molecule has 1 aromatic carbocycles. The number of amides is 1. The lowest BCUT2D eigenvalue weighted by atomic mass is 9.95. The highest BCUT2D eigenvalue weighted by molar-refractivity contribution is 5.77. The van der Waals surface area contributed by atoms with Gasteiger partial charge in [-0.1, -0.05) is 5.16 Å². The van der Waals surface area contributed by atoms with E-state index in [1.54, 1.807) is 0 Å². The number of likely N-dealkylation sites (tertiary alicyclic amines) is 1. The maximum atomic E-state index is 12.6. The Hall–Kier alpha value is -2.57. The van der Waals surface area contributed by atoms with Gasteiger partial charge in [0.15, 0.2) is 12.4 Å². The Morgan fingerprint density at radius 2 is 1.93 bits per heavy atom. The van der Waals surface area contributed by atoms with Crippen molar-refractivity contribution < 1.29 is 18.8 Å². The number of nitrogens with zero attached hydrogens (tertiary/aromatic N) is 3. The molecule has 0 bridgehead atoms. The van der Waals surface area contributed by atoms with Gasteiger partial charge in [0.2, 0.25) is 5.89 Å². The highest BCUT2D eigenvalue weighted by atomic mass is 16.5. The van der Waals surface area contributed by atoms with Gasteiger partial charge in [0.25, 0.3) is 5.91 Å². The summed E-state index contributed by atoms with van der Waals surface area (Å²) in [5.41, 5.74) is 0. The van der Waals surface area contributed by atoms with Gasteiger partial charge in [-0.3, -0.25) is 4.79 Å². The van der Waals surface area contributed by atoms with Crippen LogP contribution in [0.25, 0.3) is 0 Å². The highest BCUT2D eigenvalue weighted by Crippen LogP contribution is 2.38. The molecule has 1 saturated heterocycles. The molecular formula is C21H27N3O4. The molecule has 2 aliphatic rings. The number of hydrogen-bond donors (Lipinski definition) is 0. The van der Waals surface area contributed by atoms with Crippen LogP contribution < -0.4 is 9.47 Å². The molecule has 4 rings (SSSR count). The molecule has 0 N–H and O–H groups in total. The first kappa shape index (κ1) is 18.8. The standard InChI is InChI=1S/C21H27N3O4/c1-2-26-17-7-9-18(10-8-17)27-14-20(25)24-11-3-4-15(13-24)12-19-22-21(23-28-19)16-5-6-16/h7-10,15-16H,2-6,11-14H2,1H3. The fourth-order valence-corrected chi connectivity index (χ4v) is 3.60. The van der Waals surface area contributed by atoms with Crippen molar-refractivity contribution in [3.63, 3.8) is 0 Å². The van der Waals surface area contributed by atoms with Crippen molar-refractivity contribution in [1.29, 1.82) is 0 Å². The number of ether oxygens (including phenoxy) is 2. The molecule has 7 nitrogen and oxygen atoms in total. The molecule has 1 amide bonds. The SMILES string of the molecule is CCOc1ccc(OCC(=O)N2CCCC(Cc3nc(C4CC4)no3)C2)cc1.